The topological polar surface area (TPSA) is 47.6 Å². The van der Waals surface area contributed by atoms with Gasteiger partial charge in [0.15, 0.2) is 6.10 Å². The van der Waals surface area contributed by atoms with Crippen LogP contribution in [0.15, 0.2) is 48.5 Å². The fourth-order valence-electron chi connectivity index (χ4n) is 2.92. The molecule has 4 nitrogen and oxygen atoms in total. The standard InChI is InChI=1S/C25H35NO3/c1-6-7-8-9-17-28-23-12-10-11-21(18-23)26-24(27)19(2)29-22-15-13-20(14-16-22)25(3,4)5/h10-16,18-19H,6-9,17H2,1-5H3,(H,26,27). The van der Waals surface area contributed by atoms with Gasteiger partial charge in [0, 0.05) is 11.8 Å². The largest absolute Gasteiger partial charge is 0.494 e. The Hall–Kier alpha value is -2.49. The Kier molecular flexibility index (Phi) is 8.56. The molecule has 2 aromatic carbocycles. The van der Waals surface area contributed by atoms with Crippen molar-refractivity contribution in [1.82, 2.24) is 0 Å². The van der Waals surface area contributed by atoms with Gasteiger partial charge in [0.1, 0.15) is 11.5 Å². The summed E-state index contributed by atoms with van der Waals surface area (Å²) in [5, 5.41) is 2.90. The second-order valence-corrected chi connectivity index (χ2v) is 8.46. The molecule has 2 rings (SSSR count). The molecule has 29 heavy (non-hydrogen) atoms. The highest BCUT2D eigenvalue weighted by atomic mass is 16.5. The maximum atomic E-state index is 12.5. The molecule has 0 heterocycles. The molecule has 0 aliphatic carbocycles. The SMILES string of the molecule is CCCCCCOc1cccc(NC(=O)C(C)Oc2ccc(C(C)(C)C)cc2)c1. The first-order chi connectivity index (χ1) is 13.8. The van der Waals surface area contributed by atoms with Gasteiger partial charge in [-0.3, -0.25) is 4.79 Å². The Morgan fingerprint density at radius 1 is 1.00 bits per heavy atom. The van der Waals surface area contributed by atoms with Crippen LogP contribution in [0, 0.1) is 0 Å². The number of hydrogen-bond acceptors (Lipinski definition) is 3. The number of amides is 1. The van der Waals surface area contributed by atoms with Crippen molar-refractivity contribution in [1.29, 1.82) is 0 Å². The van der Waals surface area contributed by atoms with Crippen LogP contribution in [-0.4, -0.2) is 18.6 Å². The Balaban J connectivity index is 1.86. The van der Waals surface area contributed by atoms with E-state index in [2.05, 4.69) is 33.0 Å². The maximum Gasteiger partial charge on any atom is 0.265 e. The monoisotopic (exact) mass is 397 g/mol. The summed E-state index contributed by atoms with van der Waals surface area (Å²) >= 11 is 0. The van der Waals surface area contributed by atoms with Crippen LogP contribution >= 0.6 is 0 Å². The van der Waals surface area contributed by atoms with E-state index < -0.39 is 6.10 Å². The molecule has 158 valence electrons. The number of unbranched alkanes of at least 4 members (excludes halogenated alkanes) is 3. The van der Waals surface area contributed by atoms with E-state index in [9.17, 15) is 4.79 Å². The van der Waals surface area contributed by atoms with Gasteiger partial charge in [-0.05, 0) is 48.6 Å². The zero-order chi connectivity index (χ0) is 21.3. The van der Waals surface area contributed by atoms with Crippen molar-refractivity contribution >= 4 is 11.6 Å². The molecule has 2 aromatic rings. The van der Waals surface area contributed by atoms with Gasteiger partial charge in [0.05, 0.1) is 6.61 Å². The Morgan fingerprint density at radius 2 is 1.72 bits per heavy atom. The van der Waals surface area contributed by atoms with Gasteiger partial charge in [0.25, 0.3) is 5.91 Å². The van der Waals surface area contributed by atoms with E-state index in [0.717, 1.165) is 12.2 Å². The molecule has 0 saturated carbocycles. The smallest absolute Gasteiger partial charge is 0.265 e. The first-order valence-electron chi connectivity index (χ1n) is 10.6. The minimum absolute atomic E-state index is 0.0879. The van der Waals surface area contributed by atoms with E-state index in [1.54, 1.807) is 6.92 Å². The molecule has 0 saturated heterocycles. The number of hydrogen-bond donors (Lipinski definition) is 1. The van der Waals surface area contributed by atoms with Crippen molar-refractivity contribution in [3.05, 3.63) is 54.1 Å². The molecule has 0 spiro atoms. The summed E-state index contributed by atoms with van der Waals surface area (Å²) in [6, 6.07) is 15.4. The second kappa shape index (κ2) is 10.9. The number of carbonyl (C=O) groups is 1. The number of rotatable bonds is 10. The van der Waals surface area contributed by atoms with E-state index in [-0.39, 0.29) is 11.3 Å². The maximum absolute atomic E-state index is 12.5. The molecule has 0 bridgehead atoms. The highest BCUT2D eigenvalue weighted by Crippen LogP contribution is 2.25. The summed E-state index contributed by atoms with van der Waals surface area (Å²) < 4.78 is 11.6. The third-order valence-electron chi connectivity index (χ3n) is 4.77. The summed E-state index contributed by atoms with van der Waals surface area (Å²) in [7, 11) is 0. The van der Waals surface area contributed by atoms with E-state index in [1.807, 2.05) is 48.5 Å². The summed E-state index contributed by atoms with van der Waals surface area (Å²) in [5.74, 6) is 1.26. The van der Waals surface area contributed by atoms with Crippen LogP contribution in [0.1, 0.15) is 65.9 Å². The number of ether oxygens (including phenoxy) is 2. The average Bonchev–Trinajstić information content (AvgIpc) is 2.68. The summed E-state index contributed by atoms with van der Waals surface area (Å²) in [6.45, 7) is 11.1. The summed E-state index contributed by atoms with van der Waals surface area (Å²) in [5.41, 5.74) is 2.03. The van der Waals surface area contributed by atoms with Gasteiger partial charge in [0.2, 0.25) is 0 Å². The number of benzene rings is 2. The lowest BCUT2D eigenvalue weighted by Crippen LogP contribution is -2.30. The second-order valence-electron chi connectivity index (χ2n) is 8.46. The molecule has 0 aliphatic rings. The Morgan fingerprint density at radius 3 is 2.38 bits per heavy atom. The first-order valence-corrected chi connectivity index (χ1v) is 10.6. The molecule has 0 fully saturated rings. The molecule has 0 aromatic heterocycles. The number of carbonyl (C=O) groups excluding carboxylic acids is 1. The molecule has 4 heteroatoms. The van der Waals surface area contributed by atoms with Crippen LogP contribution in [0.4, 0.5) is 5.69 Å². The van der Waals surface area contributed by atoms with Crippen molar-refractivity contribution in [2.24, 2.45) is 0 Å². The van der Waals surface area contributed by atoms with Gasteiger partial charge in [-0.15, -0.1) is 0 Å². The molecule has 0 radical (unpaired) electrons. The van der Waals surface area contributed by atoms with E-state index in [4.69, 9.17) is 9.47 Å². The lowest BCUT2D eigenvalue weighted by molar-refractivity contribution is -0.122. The van der Waals surface area contributed by atoms with Crippen molar-refractivity contribution in [2.75, 3.05) is 11.9 Å². The van der Waals surface area contributed by atoms with Gasteiger partial charge in [-0.2, -0.15) is 0 Å². The third-order valence-corrected chi connectivity index (χ3v) is 4.77. The van der Waals surface area contributed by atoms with E-state index >= 15 is 0 Å². The van der Waals surface area contributed by atoms with Crippen LogP contribution in [0.2, 0.25) is 0 Å². The molecule has 1 atom stereocenters. The Labute approximate surface area is 175 Å². The first kappa shape index (κ1) is 22.8. The van der Waals surface area contributed by atoms with Crippen molar-refractivity contribution in [3.8, 4) is 11.5 Å². The minimum Gasteiger partial charge on any atom is -0.494 e. The number of nitrogens with one attached hydrogen (secondary N) is 1. The molecule has 1 amide bonds. The Bertz CT molecular complexity index is 762. The normalized spacial score (nSPS) is 12.3. The molecule has 0 aliphatic heterocycles. The fourth-order valence-corrected chi connectivity index (χ4v) is 2.92. The quantitative estimate of drug-likeness (QED) is 0.475. The molecular weight excluding hydrogens is 362 g/mol. The zero-order valence-corrected chi connectivity index (χ0v) is 18.5. The predicted molar refractivity (Wildman–Crippen MR) is 120 cm³/mol. The molecule has 1 N–H and O–H groups in total. The molecule has 1 unspecified atom stereocenters. The van der Waals surface area contributed by atoms with Crippen LogP contribution in [0.5, 0.6) is 11.5 Å². The van der Waals surface area contributed by atoms with Crippen LogP contribution in [0.25, 0.3) is 0 Å². The van der Waals surface area contributed by atoms with Crippen molar-refractivity contribution in [2.45, 2.75) is 71.8 Å². The fraction of sp³-hybridized carbons (Fsp3) is 0.480. The number of anilines is 1. The van der Waals surface area contributed by atoms with E-state index in [1.165, 1.54) is 24.8 Å². The highest BCUT2D eigenvalue weighted by Gasteiger charge is 2.17. The van der Waals surface area contributed by atoms with E-state index in [0.29, 0.717) is 18.0 Å². The van der Waals surface area contributed by atoms with Crippen molar-refractivity contribution < 1.29 is 14.3 Å². The predicted octanol–water partition coefficient (Wildman–Crippen LogP) is 6.35. The molecular formula is C25H35NO3. The lowest BCUT2D eigenvalue weighted by atomic mass is 9.87. The highest BCUT2D eigenvalue weighted by molar-refractivity contribution is 5.94. The average molecular weight is 398 g/mol. The van der Waals surface area contributed by atoms with Crippen molar-refractivity contribution in [3.63, 3.8) is 0 Å². The van der Waals surface area contributed by atoms with Crippen LogP contribution < -0.4 is 14.8 Å². The lowest BCUT2D eigenvalue weighted by Gasteiger charge is -2.20. The van der Waals surface area contributed by atoms with Gasteiger partial charge >= 0.3 is 0 Å². The zero-order valence-electron chi connectivity index (χ0n) is 18.5. The minimum atomic E-state index is -0.603. The van der Waals surface area contributed by atoms with Crippen LogP contribution in [-0.2, 0) is 10.2 Å². The van der Waals surface area contributed by atoms with Gasteiger partial charge in [-0.1, -0.05) is 65.2 Å². The van der Waals surface area contributed by atoms with Gasteiger partial charge < -0.3 is 14.8 Å². The summed E-state index contributed by atoms with van der Waals surface area (Å²) in [4.78, 5) is 12.5. The third kappa shape index (κ3) is 7.80. The van der Waals surface area contributed by atoms with Crippen LogP contribution in [0.3, 0.4) is 0 Å². The van der Waals surface area contributed by atoms with Gasteiger partial charge in [-0.25, -0.2) is 0 Å². The summed E-state index contributed by atoms with van der Waals surface area (Å²) in [6.07, 6.45) is 4.06.